The van der Waals surface area contributed by atoms with Gasteiger partial charge in [-0.05, 0) is 42.1 Å². The van der Waals surface area contributed by atoms with E-state index in [0.29, 0.717) is 18.0 Å². The number of hydrogen-bond acceptors (Lipinski definition) is 5. The number of hydrogen-bond donors (Lipinski definition) is 0. The maximum Gasteiger partial charge on any atom is 0.419 e. The summed E-state index contributed by atoms with van der Waals surface area (Å²) in [6.07, 6.45) is -0.341. The van der Waals surface area contributed by atoms with Crippen molar-refractivity contribution in [2.45, 2.75) is 6.18 Å². The van der Waals surface area contributed by atoms with E-state index < -0.39 is 11.7 Å². The molecule has 1 aliphatic heterocycles. The number of nitrogens with zero attached hydrogens (tertiary/aromatic N) is 2. The molecule has 2 aromatic carbocycles. The van der Waals surface area contributed by atoms with Crippen LogP contribution >= 0.6 is 24.8 Å². The molecule has 1 saturated heterocycles. The average Bonchev–Trinajstić information content (AvgIpc) is 2.78. The van der Waals surface area contributed by atoms with E-state index >= 15 is 0 Å². The summed E-state index contributed by atoms with van der Waals surface area (Å²) in [5.74, 6) is 1.25. The maximum absolute atomic E-state index is 13.0. The summed E-state index contributed by atoms with van der Waals surface area (Å²) in [4.78, 5) is 4.41. The van der Waals surface area contributed by atoms with Gasteiger partial charge in [0, 0.05) is 32.7 Å². The minimum atomic E-state index is -4.41. The number of rotatable bonds is 8. The summed E-state index contributed by atoms with van der Waals surface area (Å²) >= 11 is 0. The minimum Gasteiger partial charge on any atom is -0.493 e. The summed E-state index contributed by atoms with van der Waals surface area (Å²) in [6.45, 7) is 4.11. The Bertz CT molecular complexity index is 889. The van der Waals surface area contributed by atoms with E-state index in [2.05, 4.69) is 16.0 Å². The second kappa shape index (κ2) is 13.4. The first-order chi connectivity index (χ1) is 14.9. The average molecular weight is 509 g/mol. The summed E-state index contributed by atoms with van der Waals surface area (Å²) < 4.78 is 55.1. The van der Waals surface area contributed by atoms with Crippen molar-refractivity contribution in [2.24, 2.45) is 0 Å². The van der Waals surface area contributed by atoms with E-state index in [9.17, 15) is 13.2 Å². The van der Waals surface area contributed by atoms with Gasteiger partial charge in [-0.2, -0.15) is 13.2 Å². The van der Waals surface area contributed by atoms with Gasteiger partial charge in [-0.15, -0.1) is 24.8 Å². The third kappa shape index (κ3) is 8.21. The van der Waals surface area contributed by atoms with Crippen LogP contribution in [-0.2, 0) is 6.18 Å². The molecule has 184 valence electrons. The maximum atomic E-state index is 13.0. The van der Waals surface area contributed by atoms with Crippen LogP contribution in [0.15, 0.2) is 48.7 Å². The van der Waals surface area contributed by atoms with Crippen molar-refractivity contribution in [1.82, 2.24) is 9.80 Å². The fourth-order valence-corrected chi connectivity index (χ4v) is 3.40. The number of methoxy groups -OCH3 is 2. The number of alkyl halides is 3. The first-order valence-corrected chi connectivity index (χ1v) is 10.1. The first kappa shape index (κ1) is 28.7. The molecule has 3 rings (SSSR count). The van der Waals surface area contributed by atoms with Crippen LogP contribution in [0.5, 0.6) is 17.2 Å². The van der Waals surface area contributed by atoms with Crippen LogP contribution in [0, 0.1) is 0 Å². The Labute approximate surface area is 204 Å². The highest BCUT2D eigenvalue weighted by atomic mass is 35.5. The molecule has 0 N–H and O–H groups in total. The molecular formula is C23H29Cl2F3N2O3. The van der Waals surface area contributed by atoms with Crippen molar-refractivity contribution in [3.05, 3.63) is 59.8 Å². The minimum absolute atomic E-state index is 0. The first-order valence-electron chi connectivity index (χ1n) is 10.1. The standard InChI is InChI=1S/C23H27F3N2O3.2ClH/c1-29-21-8-7-18(17-22(21)30-2)9-10-27-11-13-28(14-12-27)15-16-31-20-6-4-3-5-19(20)23(24,25)26;;/h3-10,17H,11-16H2,1-2H3;2*1H. The second-order valence-electron chi connectivity index (χ2n) is 7.15. The molecule has 1 aliphatic rings. The highest BCUT2D eigenvalue weighted by Crippen LogP contribution is 2.35. The van der Waals surface area contributed by atoms with Crippen molar-refractivity contribution < 1.29 is 27.4 Å². The van der Waals surface area contributed by atoms with E-state index in [1.807, 2.05) is 24.3 Å². The van der Waals surface area contributed by atoms with Gasteiger partial charge < -0.3 is 19.1 Å². The van der Waals surface area contributed by atoms with Crippen LogP contribution in [0.25, 0.3) is 6.08 Å². The molecule has 1 fully saturated rings. The third-order valence-electron chi connectivity index (χ3n) is 5.15. The van der Waals surface area contributed by atoms with Gasteiger partial charge >= 0.3 is 6.18 Å². The molecule has 0 unspecified atom stereocenters. The molecule has 5 nitrogen and oxygen atoms in total. The van der Waals surface area contributed by atoms with Crippen molar-refractivity contribution in [3.63, 3.8) is 0 Å². The van der Waals surface area contributed by atoms with Crippen LogP contribution in [0.2, 0.25) is 0 Å². The predicted molar refractivity (Wildman–Crippen MR) is 128 cm³/mol. The molecule has 33 heavy (non-hydrogen) atoms. The van der Waals surface area contributed by atoms with Gasteiger partial charge in [-0.1, -0.05) is 18.2 Å². The molecule has 0 aliphatic carbocycles. The Morgan fingerprint density at radius 1 is 0.879 bits per heavy atom. The van der Waals surface area contributed by atoms with E-state index in [4.69, 9.17) is 14.2 Å². The Kier molecular flexibility index (Phi) is 11.7. The molecule has 0 atom stereocenters. The molecule has 0 bridgehead atoms. The quantitative estimate of drug-likeness (QED) is 0.487. The smallest absolute Gasteiger partial charge is 0.419 e. The lowest BCUT2D eigenvalue weighted by molar-refractivity contribution is -0.139. The molecule has 0 amide bonds. The van der Waals surface area contributed by atoms with Crippen LogP contribution in [0.4, 0.5) is 13.2 Å². The third-order valence-corrected chi connectivity index (χ3v) is 5.15. The lowest BCUT2D eigenvalue weighted by Gasteiger charge is -2.34. The van der Waals surface area contributed by atoms with Gasteiger partial charge in [0.1, 0.15) is 12.4 Å². The van der Waals surface area contributed by atoms with E-state index in [1.165, 1.54) is 12.1 Å². The lowest BCUT2D eigenvalue weighted by atomic mass is 10.2. The number of benzene rings is 2. The molecule has 1 heterocycles. The number of ether oxygens (including phenoxy) is 3. The van der Waals surface area contributed by atoms with Crippen LogP contribution in [0.3, 0.4) is 0 Å². The van der Waals surface area contributed by atoms with E-state index in [1.54, 1.807) is 20.3 Å². The van der Waals surface area contributed by atoms with Gasteiger partial charge in [-0.25, -0.2) is 0 Å². The molecule has 0 spiro atoms. The Balaban J connectivity index is 0.00000272. The van der Waals surface area contributed by atoms with E-state index in [-0.39, 0.29) is 37.2 Å². The highest BCUT2D eigenvalue weighted by Gasteiger charge is 2.34. The number of para-hydroxylation sites is 1. The topological polar surface area (TPSA) is 34.2 Å². The normalized spacial score (nSPS) is 14.4. The Morgan fingerprint density at radius 2 is 1.55 bits per heavy atom. The van der Waals surface area contributed by atoms with Crippen LogP contribution in [-0.4, -0.2) is 63.4 Å². The fraction of sp³-hybridized carbons (Fsp3) is 0.391. The molecular weight excluding hydrogens is 480 g/mol. The molecule has 10 heteroatoms. The van der Waals surface area contributed by atoms with E-state index in [0.717, 1.165) is 37.8 Å². The van der Waals surface area contributed by atoms with Gasteiger partial charge in [0.25, 0.3) is 0 Å². The summed E-state index contributed by atoms with van der Waals surface area (Å²) in [5.41, 5.74) is 0.275. The SMILES string of the molecule is COc1ccc(C=CN2CCN(CCOc3ccccc3C(F)(F)F)CC2)cc1OC.Cl.Cl. The number of piperazine rings is 1. The molecule has 0 saturated carbocycles. The predicted octanol–water partition coefficient (Wildman–Crippen LogP) is 5.23. The monoisotopic (exact) mass is 508 g/mol. The highest BCUT2D eigenvalue weighted by molar-refractivity contribution is 5.85. The van der Waals surface area contributed by atoms with Crippen LogP contribution in [0.1, 0.15) is 11.1 Å². The van der Waals surface area contributed by atoms with Gasteiger partial charge in [-0.3, -0.25) is 4.90 Å². The fourth-order valence-electron chi connectivity index (χ4n) is 3.40. The number of halogens is 5. The van der Waals surface area contributed by atoms with Gasteiger partial charge in [0.15, 0.2) is 11.5 Å². The van der Waals surface area contributed by atoms with Crippen molar-refractivity contribution in [2.75, 3.05) is 53.6 Å². The van der Waals surface area contributed by atoms with Gasteiger partial charge in [0.05, 0.1) is 19.8 Å². The van der Waals surface area contributed by atoms with Crippen molar-refractivity contribution >= 4 is 30.9 Å². The second-order valence-corrected chi connectivity index (χ2v) is 7.15. The van der Waals surface area contributed by atoms with Gasteiger partial charge in [0.2, 0.25) is 0 Å². The summed E-state index contributed by atoms with van der Waals surface area (Å²) in [6, 6.07) is 11.1. The zero-order chi connectivity index (χ0) is 22.3. The van der Waals surface area contributed by atoms with Crippen LogP contribution < -0.4 is 14.2 Å². The van der Waals surface area contributed by atoms with Crippen molar-refractivity contribution in [3.8, 4) is 17.2 Å². The molecule has 0 radical (unpaired) electrons. The largest absolute Gasteiger partial charge is 0.493 e. The summed E-state index contributed by atoms with van der Waals surface area (Å²) in [7, 11) is 3.21. The zero-order valence-corrected chi connectivity index (χ0v) is 20.1. The molecule has 2 aromatic rings. The molecule has 0 aromatic heterocycles. The Morgan fingerprint density at radius 3 is 2.18 bits per heavy atom. The van der Waals surface area contributed by atoms with Crippen molar-refractivity contribution in [1.29, 1.82) is 0 Å². The zero-order valence-electron chi connectivity index (χ0n) is 18.5. The Hall–Kier alpha value is -2.29. The lowest BCUT2D eigenvalue weighted by Crippen LogP contribution is -2.45. The summed E-state index contributed by atoms with van der Waals surface area (Å²) in [5, 5.41) is 0.